The van der Waals surface area contributed by atoms with E-state index in [4.69, 9.17) is 44.9 Å². The maximum Gasteiger partial charge on any atom is 0.417 e. The molecule has 0 saturated heterocycles. The Morgan fingerprint density at radius 3 is 0.844 bits per heavy atom. The molecule has 17 rings (SSSR count). The molecule has 0 atom stereocenters. The summed E-state index contributed by atoms with van der Waals surface area (Å²) in [6, 6.07) is 96.0. The number of fused-ring (bicyclic) bond motifs is 6. The molecule has 17 aromatic rings. The standard InChI is InChI=1S/C82H50F3N11/c83-82(84,85)65-38-23-41-71(96-67-40-22-20-37-61(67)63-49-58(43-46-69(63)96)80-91-75(53-28-11-3-12-29-53)87-76(92-80)54-30-13-4-14-31-54)72(65)64-50-59(81-93-77(55-32-15-5-16-33-55)88-78(94-81)56-34-17-6-18-35-56)44-47-70(64)95-66-39-21-19-36-60(66)62-48-57(42-45-68(62)95)79-89-73(51-24-7-1-8-25-51)86-74(90-79)52-26-9-2-10-27-52/h1-50H. The lowest BCUT2D eigenvalue weighted by molar-refractivity contribution is -0.137. The molecule has 0 amide bonds. The Morgan fingerprint density at radius 2 is 0.500 bits per heavy atom. The van der Waals surface area contributed by atoms with E-state index in [1.807, 2.05) is 278 Å². The minimum Gasteiger partial charge on any atom is -0.309 e. The van der Waals surface area contributed by atoms with E-state index < -0.39 is 11.7 Å². The van der Waals surface area contributed by atoms with Crippen molar-refractivity contribution >= 4 is 43.6 Å². The number of benzene rings is 12. The van der Waals surface area contributed by atoms with Gasteiger partial charge in [0.05, 0.1) is 39.0 Å². The van der Waals surface area contributed by atoms with Crippen LogP contribution in [0.15, 0.2) is 303 Å². The molecular formula is C82H50F3N11. The molecule has 14 heteroatoms. The number of halogens is 3. The van der Waals surface area contributed by atoms with E-state index in [0.29, 0.717) is 74.4 Å². The van der Waals surface area contributed by atoms with Crippen LogP contribution >= 0.6 is 0 Å². The number of para-hydroxylation sites is 2. The first-order chi connectivity index (χ1) is 47.2. The fraction of sp³-hybridized carbons (Fsp3) is 0.0122. The van der Waals surface area contributed by atoms with Gasteiger partial charge in [0.15, 0.2) is 52.4 Å². The highest BCUT2D eigenvalue weighted by molar-refractivity contribution is 6.13. The third kappa shape index (κ3) is 10.3. The van der Waals surface area contributed by atoms with Gasteiger partial charge in [0.25, 0.3) is 0 Å². The van der Waals surface area contributed by atoms with Crippen molar-refractivity contribution in [1.82, 2.24) is 54.0 Å². The van der Waals surface area contributed by atoms with Gasteiger partial charge < -0.3 is 9.13 Å². The van der Waals surface area contributed by atoms with Crippen LogP contribution in [0, 0.1) is 0 Å². The second-order valence-electron chi connectivity index (χ2n) is 23.2. The molecular weight excluding hydrogens is 1200 g/mol. The van der Waals surface area contributed by atoms with Gasteiger partial charge in [-0.15, -0.1) is 0 Å². The van der Waals surface area contributed by atoms with Crippen molar-refractivity contribution in [3.63, 3.8) is 0 Å². The first-order valence-electron chi connectivity index (χ1n) is 31.3. The topological polar surface area (TPSA) is 126 Å². The highest BCUT2D eigenvalue weighted by Gasteiger charge is 2.37. The van der Waals surface area contributed by atoms with Gasteiger partial charge in [-0.2, -0.15) is 13.2 Å². The summed E-state index contributed by atoms with van der Waals surface area (Å²) in [4.78, 5) is 45.5. The minimum atomic E-state index is -4.87. The van der Waals surface area contributed by atoms with Crippen molar-refractivity contribution < 1.29 is 13.2 Å². The van der Waals surface area contributed by atoms with Crippen LogP contribution in [0.25, 0.3) is 169 Å². The number of rotatable bonds is 12. The predicted octanol–water partition coefficient (Wildman–Crippen LogP) is 20.1. The molecule has 5 heterocycles. The molecule has 0 fully saturated rings. The molecule has 454 valence electrons. The lowest BCUT2D eigenvalue weighted by Crippen LogP contribution is -2.11. The fourth-order valence-electron chi connectivity index (χ4n) is 12.9. The first kappa shape index (κ1) is 57.0. The molecule has 0 aliphatic carbocycles. The van der Waals surface area contributed by atoms with Crippen LogP contribution in [-0.4, -0.2) is 54.0 Å². The number of hydrogen-bond donors (Lipinski definition) is 0. The Balaban J connectivity index is 0.918. The van der Waals surface area contributed by atoms with Crippen LogP contribution in [0.4, 0.5) is 13.2 Å². The van der Waals surface area contributed by atoms with Gasteiger partial charge in [-0.3, -0.25) is 0 Å². The summed E-state index contributed by atoms with van der Waals surface area (Å²) >= 11 is 0. The van der Waals surface area contributed by atoms with Crippen molar-refractivity contribution in [1.29, 1.82) is 0 Å². The molecule has 0 radical (unpaired) electrons. The second-order valence-corrected chi connectivity index (χ2v) is 23.2. The van der Waals surface area contributed by atoms with Crippen molar-refractivity contribution in [3.8, 4) is 125 Å². The molecule has 0 aliphatic heterocycles. The van der Waals surface area contributed by atoms with Crippen LogP contribution in [-0.2, 0) is 6.18 Å². The number of nitrogens with zero attached hydrogens (tertiary/aromatic N) is 11. The lowest BCUT2D eigenvalue weighted by Gasteiger charge is -2.23. The summed E-state index contributed by atoms with van der Waals surface area (Å²) in [5.74, 6) is 3.99. The van der Waals surface area contributed by atoms with Gasteiger partial charge in [0.1, 0.15) is 0 Å². The molecule has 0 aliphatic rings. The van der Waals surface area contributed by atoms with Crippen LogP contribution < -0.4 is 0 Å². The summed E-state index contributed by atoms with van der Waals surface area (Å²) in [7, 11) is 0. The van der Waals surface area contributed by atoms with Crippen LogP contribution in [0.5, 0.6) is 0 Å². The fourth-order valence-corrected chi connectivity index (χ4v) is 12.9. The van der Waals surface area contributed by atoms with Crippen LogP contribution in [0.3, 0.4) is 0 Å². The van der Waals surface area contributed by atoms with Crippen LogP contribution in [0.2, 0.25) is 0 Å². The van der Waals surface area contributed by atoms with Gasteiger partial charge in [-0.25, -0.2) is 44.9 Å². The smallest absolute Gasteiger partial charge is 0.309 e. The SMILES string of the molecule is FC(F)(F)c1cccc(-n2c3ccccc3c3cc(-c4nc(-c5ccccc5)nc(-c5ccccc5)n4)ccc32)c1-c1cc(-c2nc(-c3ccccc3)nc(-c3ccccc3)n2)ccc1-n1c2ccccc2c2cc(-c3nc(-c4ccccc4)nc(-c4ccccc4)n3)ccc21. The predicted molar refractivity (Wildman–Crippen MR) is 375 cm³/mol. The highest BCUT2D eigenvalue weighted by atomic mass is 19.4. The molecule has 0 bridgehead atoms. The van der Waals surface area contributed by atoms with E-state index in [9.17, 15) is 0 Å². The van der Waals surface area contributed by atoms with E-state index in [-0.39, 0.29) is 22.6 Å². The van der Waals surface area contributed by atoms with E-state index in [2.05, 4.69) is 10.6 Å². The zero-order valence-corrected chi connectivity index (χ0v) is 50.9. The molecule has 0 N–H and O–H groups in total. The summed E-state index contributed by atoms with van der Waals surface area (Å²) in [6.45, 7) is 0. The van der Waals surface area contributed by atoms with Crippen LogP contribution in [0.1, 0.15) is 5.56 Å². The number of hydrogen-bond acceptors (Lipinski definition) is 9. The molecule has 0 saturated carbocycles. The molecule has 12 aromatic carbocycles. The maximum absolute atomic E-state index is 16.8. The highest BCUT2D eigenvalue weighted by Crippen LogP contribution is 2.48. The Labute approximate surface area is 548 Å². The van der Waals surface area contributed by atoms with Gasteiger partial charge >= 0.3 is 6.18 Å². The van der Waals surface area contributed by atoms with Crippen molar-refractivity contribution in [2.24, 2.45) is 0 Å². The molecule has 96 heavy (non-hydrogen) atoms. The third-order valence-electron chi connectivity index (χ3n) is 17.3. The molecule has 0 unspecified atom stereocenters. The Kier molecular flexibility index (Phi) is 14.0. The Bertz CT molecular complexity index is 5640. The first-order valence-corrected chi connectivity index (χ1v) is 31.3. The van der Waals surface area contributed by atoms with Gasteiger partial charge in [-0.1, -0.05) is 224 Å². The molecule has 0 spiro atoms. The van der Waals surface area contributed by atoms with E-state index in [1.165, 1.54) is 12.1 Å². The Hall–Kier alpha value is -12.9. The largest absolute Gasteiger partial charge is 0.417 e. The third-order valence-corrected chi connectivity index (χ3v) is 17.3. The zero-order valence-electron chi connectivity index (χ0n) is 50.9. The average molecular weight is 1250 g/mol. The summed E-state index contributed by atoms with van der Waals surface area (Å²) in [6.07, 6.45) is -4.87. The molecule has 11 nitrogen and oxygen atoms in total. The van der Waals surface area contributed by atoms with Gasteiger partial charge in [-0.05, 0) is 78.9 Å². The van der Waals surface area contributed by atoms with E-state index in [0.717, 1.165) is 71.5 Å². The quantitative estimate of drug-likeness (QED) is 0.118. The summed E-state index contributed by atoms with van der Waals surface area (Å²) in [5, 5.41) is 3.27. The second kappa shape index (κ2) is 23.6. The summed E-state index contributed by atoms with van der Waals surface area (Å²) < 4.78 is 54.4. The van der Waals surface area contributed by atoms with Gasteiger partial charge in [0.2, 0.25) is 0 Å². The van der Waals surface area contributed by atoms with Crippen molar-refractivity contribution in [3.05, 3.63) is 309 Å². The summed E-state index contributed by atoms with van der Waals surface area (Å²) in [5.41, 5.74) is 9.58. The minimum absolute atomic E-state index is 0.0682. The maximum atomic E-state index is 16.8. The van der Waals surface area contributed by atoms with Gasteiger partial charge in [0, 0.05) is 82.7 Å². The van der Waals surface area contributed by atoms with E-state index in [1.54, 1.807) is 12.1 Å². The number of aromatic nitrogens is 11. The Morgan fingerprint density at radius 1 is 0.219 bits per heavy atom. The number of alkyl halides is 3. The zero-order chi connectivity index (χ0) is 64.3. The lowest BCUT2D eigenvalue weighted by atomic mass is 9.93. The van der Waals surface area contributed by atoms with Crippen molar-refractivity contribution in [2.75, 3.05) is 0 Å². The van der Waals surface area contributed by atoms with Crippen molar-refractivity contribution in [2.45, 2.75) is 6.18 Å². The molecule has 5 aromatic heterocycles. The van der Waals surface area contributed by atoms with E-state index >= 15 is 13.2 Å². The monoisotopic (exact) mass is 1250 g/mol. The normalized spacial score (nSPS) is 11.7. The average Bonchev–Trinajstić information content (AvgIpc) is 1.48.